The van der Waals surface area contributed by atoms with E-state index < -0.39 is 11.7 Å². The van der Waals surface area contributed by atoms with E-state index in [1.54, 1.807) is 0 Å². The molecule has 2 aromatic rings. The first kappa shape index (κ1) is 18.6. The molecule has 0 unspecified atom stereocenters. The maximum Gasteiger partial charge on any atom is 0.228 e. The van der Waals surface area contributed by atoms with Gasteiger partial charge in [-0.1, -0.05) is 30.3 Å². The number of rotatable bonds is 5. The molecule has 0 radical (unpaired) electrons. The highest BCUT2D eigenvalue weighted by atomic mass is 16.5. The average molecular weight is 394 g/mol. The van der Waals surface area contributed by atoms with Crippen LogP contribution in [-0.2, 0) is 11.2 Å². The second-order valence-electron chi connectivity index (χ2n) is 8.64. The summed E-state index contributed by atoms with van der Waals surface area (Å²) in [5.74, 6) is 0.997. The van der Waals surface area contributed by atoms with E-state index in [9.17, 15) is 15.0 Å². The summed E-state index contributed by atoms with van der Waals surface area (Å²) in [4.78, 5) is 13.7. The van der Waals surface area contributed by atoms with Gasteiger partial charge < -0.3 is 20.3 Å². The number of β-amino-alcohol motifs (C(OH)–C–C–N with tert-alkyl or cyclic N) is 2. The molecule has 0 spiro atoms. The molecule has 1 amide bonds. The Morgan fingerprint density at radius 2 is 2.07 bits per heavy atom. The number of hydrogen-bond donors (Lipinski definition) is 3. The molecule has 2 aliphatic heterocycles. The van der Waals surface area contributed by atoms with Gasteiger partial charge in [-0.15, -0.1) is 0 Å². The number of hydrogen-bond acceptors (Lipinski definition) is 5. The number of carbonyl (C=O) groups excluding carboxylic acids is 1. The van der Waals surface area contributed by atoms with Crippen molar-refractivity contribution >= 4 is 11.6 Å². The van der Waals surface area contributed by atoms with Crippen molar-refractivity contribution in [2.75, 3.05) is 25.0 Å². The number of ether oxygens (including phenoxy) is 1. The largest absolute Gasteiger partial charge is 0.490 e. The van der Waals surface area contributed by atoms with E-state index >= 15 is 0 Å². The van der Waals surface area contributed by atoms with Gasteiger partial charge in [-0.25, -0.2) is 0 Å². The van der Waals surface area contributed by atoms with Crippen molar-refractivity contribution in [3.05, 3.63) is 59.7 Å². The monoisotopic (exact) mass is 394 g/mol. The van der Waals surface area contributed by atoms with E-state index in [1.165, 1.54) is 0 Å². The Morgan fingerprint density at radius 3 is 2.86 bits per heavy atom. The Balaban J connectivity index is 1.19. The van der Waals surface area contributed by atoms with Crippen molar-refractivity contribution in [2.45, 2.75) is 37.1 Å². The highest BCUT2D eigenvalue weighted by Crippen LogP contribution is 2.43. The smallest absolute Gasteiger partial charge is 0.228 e. The van der Waals surface area contributed by atoms with E-state index in [0.717, 1.165) is 35.5 Å². The van der Waals surface area contributed by atoms with Crippen LogP contribution < -0.4 is 10.1 Å². The molecule has 6 heteroatoms. The number of amides is 1. The van der Waals surface area contributed by atoms with Gasteiger partial charge in [0.2, 0.25) is 5.91 Å². The molecule has 1 saturated carbocycles. The lowest BCUT2D eigenvalue weighted by Crippen LogP contribution is -2.36. The van der Waals surface area contributed by atoms with E-state index in [0.29, 0.717) is 25.9 Å². The second-order valence-corrected chi connectivity index (χ2v) is 8.64. The van der Waals surface area contributed by atoms with Gasteiger partial charge in [0.15, 0.2) is 0 Å². The van der Waals surface area contributed by atoms with Gasteiger partial charge >= 0.3 is 0 Å². The number of para-hydroxylation sites is 1. The van der Waals surface area contributed by atoms with Gasteiger partial charge in [0.05, 0.1) is 18.1 Å². The van der Waals surface area contributed by atoms with Gasteiger partial charge in [-0.3, -0.25) is 9.69 Å². The van der Waals surface area contributed by atoms with E-state index in [1.807, 2.05) is 48.5 Å². The molecule has 2 fully saturated rings. The summed E-state index contributed by atoms with van der Waals surface area (Å²) < 4.78 is 6.05. The fourth-order valence-electron chi connectivity index (χ4n) is 5.11. The minimum atomic E-state index is -0.757. The van der Waals surface area contributed by atoms with Crippen molar-refractivity contribution in [3.63, 3.8) is 0 Å². The van der Waals surface area contributed by atoms with Gasteiger partial charge in [0.25, 0.3) is 0 Å². The molecule has 29 heavy (non-hydrogen) atoms. The molecule has 0 aromatic heterocycles. The molecule has 3 aliphatic rings. The summed E-state index contributed by atoms with van der Waals surface area (Å²) in [6.45, 7) is 1.78. The number of nitrogens with one attached hydrogen (secondary N) is 1. The first-order valence-corrected chi connectivity index (χ1v) is 10.3. The highest BCUT2D eigenvalue weighted by Gasteiger charge is 2.52. The van der Waals surface area contributed by atoms with Crippen molar-refractivity contribution in [2.24, 2.45) is 5.92 Å². The fourth-order valence-corrected chi connectivity index (χ4v) is 5.11. The van der Waals surface area contributed by atoms with Gasteiger partial charge in [-0.2, -0.15) is 0 Å². The predicted octanol–water partition coefficient (Wildman–Crippen LogP) is 2.12. The summed E-state index contributed by atoms with van der Waals surface area (Å²) in [6.07, 6.45) is 1.19. The maximum atomic E-state index is 11.5. The lowest BCUT2D eigenvalue weighted by atomic mass is 9.95. The number of benzene rings is 2. The lowest BCUT2D eigenvalue weighted by molar-refractivity contribution is -0.115. The Bertz CT molecular complexity index is 918. The molecule has 0 bridgehead atoms. The van der Waals surface area contributed by atoms with Crippen LogP contribution in [0.25, 0.3) is 0 Å². The maximum absolute atomic E-state index is 11.5. The molecule has 6 nitrogen and oxygen atoms in total. The Kier molecular flexibility index (Phi) is 4.57. The van der Waals surface area contributed by atoms with Crippen LogP contribution in [0.5, 0.6) is 5.75 Å². The molecule has 152 valence electrons. The molecule has 2 heterocycles. The molecular formula is C23H26N2O4. The van der Waals surface area contributed by atoms with Crippen LogP contribution in [-0.4, -0.2) is 52.4 Å². The summed E-state index contributed by atoms with van der Waals surface area (Å²) in [5.41, 5.74) is 1.83. The third-order valence-corrected chi connectivity index (χ3v) is 6.48. The summed E-state index contributed by atoms with van der Waals surface area (Å²) in [7, 11) is 0. The molecule has 1 aliphatic carbocycles. The predicted molar refractivity (Wildman–Crippen MR) is 109 cm³/mol. The number of anilines is 1. The van der Waals surface area contributed by atoms with Crippen molar-refractivity contribution in [3.8, 4) is 5.75 Å². The Hall–Kier alpha value is -2.41. The molecule has 4 atom stereocenters. The van der Waals surface area contributed by atoms with Crippen LogP contribution in [0.3, 0.4) is 0 Å². The zero-order chi connectivity index (χ0) is 20.0. The Morgan fingerprint density at radius 1 is 1.24 bits per heavy atom. The van der Waals surface area contributed by atoms with Crippen LogP contribution in [0, 0.1) is 5.92 Å². The minimum Gasteiger partial charge on any atom is -0.490 e. The molecule has 1 saturated heterocycles. The summed E-state index contributed by atoms with van der Waals surface area (Å²) in [6, 6.07) is 15.4. The number of aliphatic hydroxyl groups excluding tert-OH is 1. The third kappa shape index (κ3) is 3.64. The number of aliphatic hydroxyl groups is 2. The first-order chi connectivity index (χ1) is 14.0. The standard InChI is InChI=1S/C23H26N2O4/c26-21(15-6-7-20-16(8-15)9-22(27)24-20)13-25-12-17-10-19(11-23(17,28)14-25)29-18-4-2-1-3-5-18/h1-8,17,19,21,26,28H,9-14H2,(H,24,27)/t17-,19+,21+,23-/m1/s1. The number of fused-ring (bicyclic) bond motifs is 2. The van der Waals surface area contributed by atoms with E-state index in [-0.39, 0.29) is 17.9 Å². The number of likely N-dealkylation sites (tertiary alicyclic amines) is 1. The first-order valence-electron chi connectivity index (χ1n) is 10.3. The fraction of sp³-hybridized carbons (Fsp3) is 0.435. The summed E-state index contributed by atoms with van der Waals surface area (Å²) in [5, 5.41) is 24.7. The van der Waals surface area contributed by atoms with Gasteiger partial charge in [0.1, 0.15) is 11.9 Å². The van der Waals surface area contributed by atoms with Gasteiger partial charge in [0, 0.05) is 37.7 Å². The third-order valence-electron chi connectivity index (χ3n) is 6.48. The van der Waals surface area contributed by atoms with Crippen molar-refractivity contribution in [1.82, 2.24) is 4.90 Å². The van der Waals surface area contributed by atoms with Crippen molar-refractivity contribution < 1.29 is 19.7 Å². The SMILES string of the molecule is O=C1Cc2cc([C@@H](O)CN3C[C@H]4C[C@H](Oc5ccccc5)C[C@@]4(O)C3)ccc2N1. The number of carbonyl (C=O) groups is 1. The molecule has 3 N–H and O–H groups in total. The minimum absolute atomic E-state index is 0.00601. The van der Waals surface area contributed by atoms with Crippen LogP contribution in [0.2, 0.25) is 0 Å². The number of nitrogens with zero attached hydrogens (tertiary/aromatic N) is 1. The normalized spacial score (nSPS) is 29.4. The molecule has 5 rings (SSSR count). The van der Waals surface area contributed by atoms with Crippen LogP contribution in [0.4, 0.5) is 5.69 Å². The zero-order valence-corrected chi connectivity index (χ0v) is 16.3. The Labute approximate surface area is 170 Å². The average Bonchev–Trinajstić information content (AvgIpc) is 3.29. The quantitative estimate of drug-likeness (QED) is 0.724. The van der Waals surface area contributed by atoms with Crippen LogP contribution >= 0.6 is 0 Å². The second kappa shape index (κ2) is 7.13. The molecule has 2 aromatic carbocycles. The van der Waals surface area contributed by atoms with Crippen LogP contribution in [0.15, 0.2) is 48.5 Å². The van der Waals surface area contributed by atoms with Crippen LogP contribution in [0.1, 0.15) is 30.1 Å². The van der Waals surface area contributed by atoms with Gasteiger partial charge in [-0.05, 0) is 35.7 Å². The highest BCUT2D eigenvalue weighted by molar-refractivity contribution is 5.99. The molecular weight excluding hydrogens is 368 g/mol. The lowest BCUT2D eigenvalue weighted by Gasteiger charge is -2.25. The summed E-state index contributed by atoms with van der Waals surface area (Å²) >= 11 is 0. The topological polar surface area (TPSA) is 82.0 Å². The van der Waals surface area contributed by atoms with E-state index in [2.05, 4.69) is 10.2 Å². The zero-order valence-electron chi connectivity index (χ0n) is 16.3. The van der Waals surface area contributed by atoms with E-state index in [4.69, 9.17) is 4.74 Å². The van der Waals surface area contributed by atoms with Crippen molar-refractivity contribution in [1.29, 1.82) is 0 Å².